The van der Waals surface area contributed by atoms with Crippen molar-refractivity contribution in [2.24, 2.45) is 5.92 Å². The van der Waals surface area contributed by atoms with Gasteiger partial charge in [0, 0.05) is 5.57 Å². The van der Waals surface area contributed by atoms with Gasteiger partial charge >= 0.3 is 0 Å². The number of carbonyl (C=O) groups is 2. The van der Waals surface area contributed by atoms with E-state index in [0.29, 0.717) is 40.9 Å². The third kappa shape index (κ3) is 4.92. The van der Waals surface area contributed by atoms with Crippen molar-refractivity contribution in [2.45, 2.75) is 33.7 Å². The molecule has 0 saturated carbocycles. The molecule has 7 nitrogen and oxygen atoms in total. The van der Waals surface area contributed by atoms with Crippen molar-refractivity contribution in [1.82, 2.24) is 4.90 Å². The monoisotopic (exact) mass is 434 g/mol. The van der Waals surface area contributed by atoms with Crippen LogP contribution in [0.3, 0.4) is 0 Å². The van der Waals surface area contributed by atoms with Crippen LogP contribution in [0.15, 0.2) is 57.7 Å². The smallest absolute Gasteiger partial charge is 0.272 e. The lowest BCUT2D eigenvalue weighted by Gasteiger charge is -2.26. The molecule has 0 aliphatic carbocycles. The summed E-state index contributed by atoms with van der Waals surface area (Å²) in [5, 5.41) is 9.53. The minimum absolute atomic E-state index is 0.0492. The van der Waals surface area contributed by atoms with Crippen LogP contribution in [0.5, 0.6) is 11.5 Å². The molecule has 1 aliphatic rings. The minimum Gasteiger partial charge on any atom is -0.493 e. The molecule has 0 fully saturated rings. The molecule has 0 radical (unpaired) electrons. The van der Waals surface area contributed by atoms with Gasteiger partial charge in [0.2, 0.25) is 0 Å². The van der Waals surface area contributed by atoms with Gasteiger partial charge in [-0.25, -0.2) is 0 Å². The number of furan rings is 1. The van der Waals surface area contributed by atoms with Crippen LogP contribution in [-0.4, -0.2) is 30.4 Å². The summed E-state index contributed by atoms with van der Waals surface area (Å²) < 4.78 is 16.6. The van der Waals surface area contributed by atoms with E-state index in [-0.39, 0.29) is 17.7 Å². The van der Waals surface area contributed by atoms with Crippen molar-refractivity contribution in [3.05, 3.63) is 64.6 Å². The Morgan fingerprint density at radius 2 is 1.97 bits per heavy atom. The van der Waals surface area contributed by atoms with E-state index >= 15 is 0 Å². The molecule has 1 aromatic heterocycles. The molecule has 32 heavy (non-hydrogen) atoms. The molecule has 0 spiro atoms. The van der Waals surface area contributed by atoms with Crippen LogP contribution in [-0.2, 0) is 16.1 Å². The highest BCUT2D eigenvalue weighted by Gasteiger charge is 2.35. The van der Waals surface area contributed by atoms with Gasteiger partial charge in [0.15, 0.2) is 11.5 Å². The van der Waals surface area contributed by atoms with Gasteiger partial charge in [0.05, 0.1) is 26.5 Å². The van der Waals surface area contributed by atoms with Gasteiger partial charge < -0.3 is 13.9 Å². The topological polar surface area (TPSA) is 92.8 Å². The first-order valence-corrected chi connectivity index (χ1v) is 10.4. The van der Waals surface area contributed by atoms with Crippen LogP contribution in [0, 0.1) is 17.2 Å². The van der Waals surface area contributed by atoms with Crippen molar-refractivity contribution in [3.8, 4) is 17.6 Å². The van der Waals surface area contributed by atoms with E-state index in [1.165, 1.54) is 6.26 Å². The Balaban J connectivity index is 1.94. The number of rotatable bonds is 8. The molecular formula is C25H26N2O5. The summed E-state index contributed by atoms with van der Waals surface area (Å²) in [5.41, 5.74) is 1.23. The van der Waals surface area contributed by atoms with Crippen molar-refractivity contribution < 1.29 is 23.5 Å². The Hall–Kier alpha value is -3.79. The fraction of sp³-hybridized carbons (Fsp3) is 0.320. The van der Waals surface area contributed by atoms with E-state index in [1.54, 1.807) is 50.4 Å². The van der Waals surface area contributed by atoms with Gasteiger partial charge in [0.25, 0.3) is 11.8 Å². The number of hydrogen-bond donors (Lipinski definition) is 0. The number of carbonyl (C=O) groups excluding carboxylic acids is 2. The van der Waals surface area contributed by atoms with Crippen molar-refractivity contribution >= 4 is 17.9 Å². The standard InChI is InChI=1S/C25H26N2O5/c1-16(2)9-11-32-22-8-7-18(13-23(22)30-4)12-20-17(3)21(14-26)25(29)27(24(20)28)15-19-6-5-10-31-19/h5-8,10,12-13,16H,9,11,15H2,1-4H3/b20-12+. The van der Waals surface area contributed by atoms with Gasteiger partial charge in [0.1, 0.15) is 17.4 Å². The highest BCUT2D eigenvalue weighted by molar-refractivity contribution is 6.19. The Morgan fingerprint density at radius 3 is 2.59 bits per heavy atom. The summed E-state index contributed by atoms with van der Waals surface area (Å²) >= 11 is 0. The summed E-state index contributed by atoms with van der Waals surface area (Å²) in [6.45, 7) is 6.38. The number of amides is 2. The second kappa shape index (κ2) is 10.0. The van der Waals surface area contributed by atoms with Gasteiger partial charge in [-0.2, -0.15) is 5.26 Å². The van der Waals surface area contributed by atoms with Crippen molar-refractivity contribution in [2.75, 3.05) is 13.7 Å². The number of hydrogen-bond acceptors (Lipinski definition) is 6. The molecule has 166 valence electrons. The molecule has 1 aromatic carbocycles. The van der Waals surface area contributed by atoms with E-state index in [4.69, 9.17) is 13.9 Å². The summed E-state index contributed by atoms with van der Waals surface area (Å²) in [4.78, 5) is 26.9. The van der Waals surface area contributed by atoms with E-state index in [2.05, 4.69) is 13.8 Å². The van der Waals surface area contributed by atoms with Gasteiger partial charge in [-0.3, -0.25) is 14.5 Å². The molecule has 0 unspecified atom stereocenters. The van der Waals surface area contributed by atoms with Gasteiger partial charge in [-0.05, 0) is 60.7 Å². The zero-order valence-corrected chi connectivity index (χ0v) is 18.7. The zero-order valence-electron chi connectivity index (χ0n) is 18.7. The van der Waals surface area contributed by atoms with Crippen LogP contribution >= 0.6 is 0 Å². The lowest BCUT2D eigenvalue weighted by Crippen LogP contribution is -2.42. The first kappa shape index (κ1) is 22.9. The number of imide groups is 1. The maximum Gasteiger partial charge on any atom is 0.272 e. The molecule has 2 heterocycles. The SMILES string of the molecule is COc1cc(/C=C2/C(=O)N(Cc3ccco3)C(=O)C(C#N)=C2C)ccc1OCCC(C)C. The fourth-order valence-corrected chi connectivity index (χ4v) is 3.30. The fourth-order valence-electron chi connectivity index (χ4n) is 3.30. The number of ether oxygens (including phenoxy) is 2. The first-order chi connectivity index (χ1) is 15.3. The van der Waals surface area contributed by atoms with Crippen molar-refractivity contribution in [3.63, 3.8) is 0 Å². The second-order valence-corrected chi connectivity index (χ2v) is 7.89. The lowest BCUT2D eigenvalue weighted by atomic mass is 9.93. The Kier molecular flexibility index (Phi) is 7.16. The largest absolute Gasteiger partial charge is 0.493 e. The highest BCUT2D eigenvalue weighted by atomic mass is 16.5. The zero-order chi connectivity index (χ0) is 23.3. The molecule has 7 heteroatoms. The lowest BCUT2D eigenvalue weighted by molar-refractivity contribution is -0.141. The van der Waals surface area contributed by atoms with E-state index in [0.717, 1.165) is 11.3 Å². The van der Waals surface area contributed by atoms with Crippen LogP contribution < -0.4 is 9.47 Å². The molecule has 0 N–H and O–H groups in total. The second-order valence-electron chi connectivity index (χ2n) is 7.89. The number of nitriles is 1. The van der Waals surface area contributed by atoms with E-state index in [9.17, 15) is 14.9 Å². The van der Waals surface area contributed by atoms with Crippen LogP contribution in [0.25, 0.3) is 6.08 Å². The molecule has 0 bridgehead atoms. The number of nitrogens with zero attached hydrogens (tertiary/aromatic N) is 2. The molecule has 3 rings (SSSR count). The average Bonchev–Trinajstić information content (AvgIpc) is 3.28. The van der Waals surface area contributed by atoms with Crippen LogP contribution in [0.2, 0.25) is 0 Å². The highest BCUT2D eigenvalue weighted by Crippen LogP contribution is 2.32. The third-order valence-electron chi connectivity index (χ3n) is 5.17. The number of methoxy groups -OCH3 is 1. The predicted octanol–water partition coefficient (Wildman–Crippen LogP) is 4.51. The molecule has 2 amide bonds. The normalized spacial score (nSPS) is 15.5. The quantitative estimate of drug-likeness (QED) is 0.448. The van der Waals surface area contributed by atoms with Crippen molar-refractivity contribution in [1.29, 1.82) is 5.26 Å². The minimum atomic E-state index is -0.630. The number of benzene rings is 1. The Morgan fingerprint density at radius 1 is 1.19 bits per heavy atom. The van der Waals surface area contributed by atoms with Gasteiger partial charge in [-0.15, -0.1) is 0 Å². The Bertz CT molecular complexity index is 1100. The third-order valence-corrected chi connectivity index (χ3v) is 5.17. The summed E-state index contributed by atoms with van der Waals surface area (Å²) in [6, 6.07) is 10.6. The summed E-state index contributed by atoms with van der Waals surface area (Å²) in [6.07, 6.45) is 4.04. The summed E-state index contributed by atoms with van der Waals surface area (Å²) in [5.74, 6) is 1.02. The summed E-state index contributed by atoms with van der Waals surface area (Å²) in [7, 11) is 1.55. The van der Waals surface area contributed by atoms with Crippen LogP contribution in [0.4, 0.5) is 0 Å². The van der Waals surface area contributed by atoms with Gasteiger partial charge in [-0.1, -0.05) is 19.9 Å². The van der Waals surface area contributed by atoms with E-state index < -0.39 is 11.8 Å². The average molecular weight is 434 g/mol. The maximum atomic E-state index is 13.2. The maximum absolute atomic E-state index is 13.2. The molecule has 1 aliphatic heterocycles. The Labute approximate surface area is 187 Å². The predicted molar refractivity (Wildman–Crippen MR) is 118 cm³/mol. The molecule has 2 aromatic rings. The molecular weight excluding hydrogens is 408 g/mol. The molecule has 0 atom stereocenters. The first-order valence-electron chi connectivity index (χ1n) is 10.4. The van der Waals surface area contributed by atoms with E-state index in [1.807, 2.05) is 6.07 Å². The molecule has 0 saturated heterocycles. The van der Waals surface area contributed by atoms with Crippen LogP contribution in [0.1, 0.15) is 38.5 Å².